The van der Waals surface area contributed by atoms with Crippen LogP contribution in [0.25, 0.3) is 0 Å². The summed E-state index contributed by atoms with van der Waals surface area (Å²) < 4.78 is 0. The molecular formula is C23H31N3O. The Hall–Kier alpha value is -2.17. The summed E-state index contributed by atoms with van der Waals surface area (Å²) in [5, 5.41) is 0. The highest BCUT2D eigenvalue weighted by atomic mass is 16.2. The number of benzene rings is 2. The van der Waals surface area contributed by atoms with E-state index in [1.807, 2.05) is 42.2 Å². The van der Waals surface area contributed by atoms with Gasteiger partial charge in [0.05, 0.1) is 0 Å². The number of amides is 1. The molecule has 3 rings (SSSR count). The number of nitrogens with zero attached hydrogens (tertiary/aromatic N) is 2. The number of likely N-dealkylation sites (tertiary alicyclic amines) is 1. The second-order valence-electron chi connectivity index (χ2n) is 7.34. The van der Waals surface area contributed by atoms with Crippen LogP contribution < -0.4 is 10.6 Å². The summed E-state index contributed by atoms with van der Waals surface area (Å²) in [5.41, 5.74) is 8.52. The fourth-order valence-electron chi connectivity index (χ4n) is 4.08. The lowest BCUT2D eigenvalue weighted by molar-refractivity contribution is -0.119. The molecule has 0 aliphatic carbocycles. The van der Waals surface area contributed by atoms with Crippen molar-refractivity contribution in [2.24, 2.45) is 11.7 Å². The average Bonchev–Trinajstić information content (AvgIpc) is 2.74. The fourth-order valence-corrected chi connectivity index (χ4v) is 4.08. The molecule has 2 aromatic rings. The maximum atomic E-state index is 12.7. The molecule has 4 nitrogen and oxygen atoms in total. The van der Waals surface area contributed by atoms with E-state index in [0.717, 1.165) is 38.2 Å². The van der Waals surface area contributed by atoms with Crippen LogP contribution in [0.1, 0.15) is 25.3 Å². The predicted octanol–water partition coefficient (Wildman–Crippen LogP) is 3.32. The van der Waals surface area contributed by atoms with Crippen LogP contribution >= 0.6 is 0 Å². The first-order valence-electron chi connectivity index (χ1n) is 10.1. The number of piperidine rings is 1. The summed E-state index contributed by atoms with van der Waals surface area (Å²) >= 11 is 0. The van der Waals surface area contributed by atoms with E-state index in [9.17, 15) is 4.79 Å². The van der Waals surface area contributed by atoms with E-state index < -0.39 is 0 Å². The predicted molar refractivity (Wildman–Crippen MR) is 112 cm³/mol. The normalized spacial score (nSPS) is 20.4. The van der Waals surface area contributed by atoms with Gasteiger partial charge in [-0.05, 0) is 37.1 Å². The zero-order valence-electron chi connectivity index (χ0n) is 16.3. The van der Waals surface area contributed by atoms with E-state index in [0.29, 0.717) is 18.9 Å². The lowest BCUT2D eigenvalue weighted by atomic mass is 9.89. The van der Waals surface area contributed by atoms with Gasteiger partial charge < -0.3 is 15.5 Å². The smallest absolute Gasteiger partial charge is 0.226 e. The molecule has 1 aliphatic heterocycles. The molecule has 0 spiro atoms. The third-order valence-corrected chi connectivity index (χ3v) is 5.58. The SMILES string of the molecule is CCC(=O)N(c1ccccc1)C1CCN(CCc2ccccc2)CC1CN. The van der Waals surface area contributed by atoms with Gasteiger partial charge in [0.2, 0.25) is 5.91 Å². The number of carbonyl (C=O) groups is 1. The van der Waals surface area contributed by atoms with Gasteiger partial charge in [0, 0.05) is 43.7 Å². The summed E-state index contributed by atoms with van der Waals surface area (Å²) in [6.45, 7) is 5.54. The monoisotopic (exact) mass is 365 g/mol. The van der Waals surface area contributed by atoms with Crippen LogP contribution in [-0.2, 0) is 11.2 Å². The van der Waals surface area contributed by atoms with Crippen molar-refractivity contribution in [3.8, 4) is 0 Å². The topological polar surface area (TPSA) is 49.6 Å². The van der Waals surface area contributed by atoms with Gasteiger partial charge in [-0.1, -0.05) is 55.5 Å². The molecule has 1 aliphatic rings. The van der Waals surface area contributed by atoms with E-state index >= 15 is 0 Å². The van der Waals surface area contributed by atoms with Crippen molar-refractivity contribution in [2.45, 2.75) is 32.2 Å². The van der Waals surface area contributed by atoms with Gasteiger partial charge in [0.15, 0.2) is 0 Å². The van der Waals surface area contributed by atoms with Crippen LogP contribution in [0.5, 0.6) is 0 Å². The molecule has 2 aromatic carbocycles. The Balaban J connectivity index is 1.68. The first-order valence-corrected chi connectivity index (χ1v) is 10.1. The van der Waals surface area contributed by atoms with Gasteiger partial charge in [-0.2, -0.15) is 0 Å². The Kier molecular flexibility index (Phi) is 7.02. The molecule has 0 radical (unpaired) electrons. The van der Waals surface area contributed by atoms with Gasteiger partial charge >= 0.3 is 0 Å². The maximum absolute atomic E-state index is 12.7. The Bertz CT molecular complexity index is 704. The third kappa shape index (κ3) is 4.96. The molecule has 0 aromatic heterocycles. The van der Waals surface area contributed by atoms with E-state index in [1.165, 1.54) is 5.56 Å². The first-order chi connectivity index (χ1) is 13.2. The molecular weight excluding hydrogens is 334 g/mol. The second-order valence-corrected chi connectivity index (χ2v) is 7.34. The summed E-state index contributed by atoms with van der Waals surface area (Å²) in [5.74, 6) is 0.479. The Morgan fingerprint density at radius 3 is 2.41 bits per heavy atom. The largest absolute Gasteiger partial charge is 0.330 e. The molecule has 4 heteroatoms. The Morgan fingerprint density at radius 2 is 1.78 bits per heavy atom. The summed E-state index contributed by atoms with van der Waals surface area (Å²) in [7, 11) is 0. The number of anilines is 1. The van der Waals surface area contributed by atoms with Gasteiger partial charge in [-0.3, -0.25) is 4.79 Å². The quantitative estimate of drug-likeness (QED) is 0.819. The summed E-state index contributed by atoms with van der Waals surface area (Å²) in [4.78, 5) is 17.2. The first kappa shape index (κ1) is 19.6. The van der Waals surface area contributed by atoms with E-state index in [4.69, 9.17) is 5.73 Å². The fraction of sp³-hybridized carbons (Fsp3) is 0.435. The minimum atomic E-state index is 0.179. The van der Waals surface area contributed by atoms with E-state index in [-0.39, 0.29) is 11.9 Å². The highest BCUT2D eigenvalue weighted by molar-refractivity contribution is 5.93. The molecule has 2 unspecified atom stereocenters. The number of hydrogen-bond acceptors (Lipinski definition) is 3. The highest BCUT2D eigenvalue weighted by Crippen LogP contribution is 2.28. The third-order valence-electron chi connectivity index (χ3n) is 5.58. The van der Waals surface area contributed by atoms with E-state index in [2.05, 4.69) is 35.2 Å². The maximum Gasteiger partial charge on any atom is 0.226 e. The molecule has 144 valence electrons. The van der Waals surface area contributed by atoms with Crippen LogP contribution in [0.2, 0.25) is 0 Å². The van der Waals surface area contributed by atoms with Crippen LogP contribution in [0.3, 0.4) is 0 Å². The van der Waals surface area contributed by atoms with Crippen molar-refractivity contribution in [3.63, 3.8) is 0 Å². The molecule has 2 N–H and O–H groups in total. The number of para-hydroxylation sites is 1. The average molecular weight is 366 g/mol. The zero-order valence-corrected chi connectivity index (χ0v) is 16.3. The van der Waals surface area contributed by atoms with Gasteiger partial charge in [0.25, 0.3) is 0 Å². The molecule has 1 saturated heterocycles. The number of nitrogens with two attached hydrogens (primary N) is 1. The van der Waals surface area contributed by atoms with E-state index in [1.54, 1.807) is 0 Å². The van der Waals surface area contributed by atoms with Crippen molar-refractivity contribution >= 4 is 11.6 Å². The molecule has 1 amide bonds. The van der Waals surface area contributed by atoms with Crippen molar-refractivity contribution in [1.29, 1.82) is 0 Å². The molecule has 0 bridgehead atoms. The Morgan fingerprint density at radius 1 is 1.11 bits per heavy atom. The van der Waals surface area contributed by atoms with Crippen LogP contribution in [0.4, 0.5) is 5.69 Å². The van der Waals surface area contributed by atoms with Crippen LogP contribution in [0, 0.1) is 5.92 Å². The van der Waals surface area contributed by atoms with Crippen LogP contribution in [-0.4, -0.2) is 43.0 Å². The van der Waals surface area contributed by atoms with Gasteiger partial charge in [0.1, 0.15) is 0 Å². The number of hydrogen-bond donors (Lipinski definition) is 1. The minimum absolute atomic E-state index is 0.179. The lowest BCUT2D eigenvalue weighted by Crippen LogP contribution is -2.55. The second kappa shape index (κ2) is 9.67. The van der Waals surface area contributed by atoms with Crippen molar-refractivity contribution < 1.29 is 4.79 Å². The number of rotatable bonds is 7. The molecule has 0 saturated carbocycles. The molecule has 2 atom stereocenters. The van der Waals surface area contributed by atoms with Crippen molar-refractivity contribution in [2.75, 3.05) is 31.1 Å². The van der Waals surface area contributed by atoms with Gasteiger partial charge in [-0.15, -0.1) is 0 Å². The highest BCUT2D eigenvalue weighted by Gasteiger charge is 2.35. The molecule has 1 heterocycles. The van der Waals surface area contributed by atoms with Crippen LogP contribution in [0.15, 0.2) is 60.7 Å². The van der Waals surface area contributed by atoms with Crippen molar-refractivity contribution in [3.05, 3.63) is 66.2 Å². The summed E-state index contributed by atoms with van der Waals surface area (Å²) in [6.07, 6.45) is 2.54. The molecule has 1 fully saturated rings. The Labute approximate surface area is 163 Å². The summed E-state index contributed by atoms with van der Waals surface area (Å²) in [6, 6.07) is 20.8. The lowest BCUT2D eigenvalue weighted by Gasteiger charge is -2.43. The number of carbonyl (C=O) groups excluding carboxylic acids is 1. The minimum Gasteiger partial charge on any atom is -0.330 e. The van der Waals surface area contributed by atoms with Gasteiger partial charge in [-0.25, -0.2) is 0 Å². The molecule has 27 heavy (non-hydrogen) atoms. The van der Waals surface area contributed by atoms with Crippen molar-refractivity contribution in [1.82, 2.24) is 4.90 Å². The standard InChI is InChI=1S/C23H31N3O/c1-2-23(27)26(21-11-7-4-8-12-21)22-14-16-25(18-20(22)17-24)15-13-19-9-5-3-6-10-19/h3-12,20,22H,2,13-18,24H2,1H3. The zero-order chi connectivity index (χ0) is 19.1.